The lowest BCUT2D eigenvalue weighted by Crippen LogP contribution is -2.34. The van der Waals surface area contributed by atoms with Gasteiger partial charge in [0.25, 0.3) is 0 Å². The molecule has 0 fully saturated rings. The van der Waals surface area contributed by atoms with Crippen LogP contribution in [0.2, 0.25) is 0 Å². The summed E-state index contributed by atoms with van der Waals surface area (Å²) >= 11 is 0. The van der Waals surface area contributed by atoms with Crippen LogP contribution in [0.25, 0.3) is 11.1 Å². The zero-order valence-electron chi connectivity index (χ0n) is 29.6. The Kier molecular flexibility index (Phi) is 13.6. The van der Waals surface area contributed by atoms with Crippen molar-refractivity contribution < 1.29 is 38.7 Å². The van der Waals surface area contributed by atoms with Gasteiger partial charge in [-0.25, -0.2) is 28.8 Å². The third kappa shape index (κ3) is 11.1. The summed E-state index contributed by atoms with van der Waals surface area (Å²) in [4.78, 5) is 89.9. The number of nitrogens with one attached hydrogen (secondary N) is 8. The Labute approximate surface area is 319 Å². The molecule has 5 rings (SSSR count). The van der Waals surface area contributed by atoms with E-state index in [9.17, 15) is 38.7 Å². The fourth-order valence-corrected chi connectivity index (χ4v) is 5.78. The monoisotopic (exact) mass is 760 g/mol. The van der Waals surface area contributed by atoms with Gasteiger partial charge in [0.05, 0.1) is 11.4 Å². The minimum Gasteiger partial charge on any atom is -0.481 e. The van der Waals surface area contributed by atoms with Crippen LogP contribution in [0.1, 0.15) is 29.9 Å². The number of aliphatic carboxylic acids is 1. The molecule has 0 radical (unpaired) electrons. The highest BCUT2D eigenvalue weighted by Gasteiger charge is 2.34. The van der Waals surface area contributed by atoms with E-state index in [0.29, 0.717) is 69.2 Å². The molecule has 286 valence electrons. The number of carbonyl (C=O) groups excluding carboxylic acids is 6. The number of fused-ring (bicyclic) bond motifs is 3. The molecule has 8 amide bonds. The van der Waals surface area contributed by atoms with Gasteiger partial charge in [-0.3, -0.25) is 4.79 Å². The van der Waals surface area contributed by atoms with Gasteiger partial charge in [0.2, 0.25) is 12.2 Å². The Morgan fingerprint density at radius 2 is 0.875 bits per heavy atom. The summed E-state index contributed by atoms with van der Waals surface area (Å²) in [6, 6.07) is 20.7. The lowest BCUT2D eigenvalue weighted by molar-refractivity contribution is -0.137. The number of aliphatic imine (C=N–C) groups is 2. The van der Waals surface area contributed by atoms with Crippen molar-refractivity contribution in [2.75, 3.05) is 47.4 Å². The van der Waals surface area contributed by atoms with Gasteiger partial charge in [-0.2, -0.15) is 9.98 Å². The first-order valence-corrected chi connectivity index (χ1v) is 17.2. The molecule has 56 heavy (non-hydrogen) atoms. The molecule has 0 atom stereocenters. The van der Waals surface area contributed by atoms with Crippen LogP contribution in [0.3, 0.4) is 0 Å². The van der Waals surface area contributed by atoms with Gasteiger partial charge in [-0.1, -0.05) is 24.3 Å². The number of hydrogen-bond acceptors (Lipinski definition) is 9. The minimum atomic E-state index is -1.11. The average Bonchev–Trinajstić information content (AvgIpc) is 3.48. The molecule has 0 spiro atoms. The maximum absolute atomic E-state index is 12.6. The third-order valence-corrected chi connectivity index (χ3v) is 8.18. The Hall–Kier alpha value is -7.81. The first-order chi connectivity index (χ1) is 27.1. The van der Waals surface area contributed by atoms with Crippen LogP contribution in [0.5, 0.6) is 0 Å². The van der Waals surface area contributed by atoms with Crippen LogP contribution in [0.4, 0.5) is 53.3 Å². The second kappa shape index (κ2) is 19.3. The van der Waals surface area contributed by atoms with Crippen molar-refractivity contribution in [2.45, 2.75) is 18.8 Å². The first kappa shape index (κ1) is 39.4. The number of anilines is 4. The normalized spacial score (nSPS) is 11.9. The number of isocyanates is 2. The topological polar surface area (TPSA) is 261 Å². The van der Waals surface area contributed by atoms with E-state index in [1.807, 2.05) is 0 Å². The molecular weight excluding hydrogens is 724 g/mol. The van der Waals surface area contributed by atoms with Crippen LogP contribution in [-0.4, -0.2) is 73.5 Å². The molecule has 18 nitrogen and oxygen atoms in total. The summed E-state index contributed by atoms with van der Waals surface area (Å²) < 4.78 is 0. The summed E-state index contributed by atoms with van der Waals surface area (Å²) in [6.45, 7) is 0.979. The number of carbonyl (C=O) groups is 5. The number of rotatable bonds is 15. The number of carboxylic acids is 1. The standard InChI is InChI=1S/C38H36N10O8/c49-21-43-23-5-1-7-25(17-23)45-35(53)39-13-3-15-41-37(55)47-27-9-11-29-30-12-10-28(20-32(30)33(34(51)52)31(29)19-27)48-38(56)42-16-4-14-40-36(54)46-26-8-2-6-24(18-26)44-22-50/h1-2,5-12,17-20,33H,3-4,13-16H2,(H,51,52)(H2,39,45,53)(H2,40,46,54)(H2,41,47,55)(H2,42,48,56). The van der Waals surface area contributed by atoms with Crippen molar-refractivity contribution in [1.29, 1.82) is 0 Å². The molecule has 9 N–H and O–H groups in total. The van der Waals surface area contributed by atoms with E-state index in [1.165, 1.54) is 24.3 Å². The maximum Gasteiger partial charge on any atom is 0.319 e. The molecule has 0 saturated carbocycles. The van der Waals surface area contributed by atoms with E-state index in [4.69, 9.17) is 0 Å². The van der Waals surface area contributed by atoms with E-state index in [1.54, 1.807) is 72.8 Å². The van der Waals surface area contributed by atoms with E-state index in [0.717, 1.165) is 0 Å². The lowest BCUT2D eigenvalue weighted by atomic mass is 9.96. The molecule has 0 heterocycles. The van der Waals surface area contributed by atoms with Gasteiger partial charge in [0.15, 0.2) is 0 Å². The predicted octanol–water partition coefficient (Wildman–Crippen LogP) is 5.48. The second-order valence-electron chi connectivity index (χ2n) is 12.1. The molecule has 0 aliphatic heterocycles. The number of amides is 8. The van der Waals surface area contributed by atoms with Gasteiger partial charge >= 0.3 is 30.1 Å². The maximum atomic E-state index is 12.6. The van der Waals surface area contributed by atoms with Crippen LogP contribution >= 0.6 is 0 Å². The number of urea groups is 4. The van der Waals surface area contributed by atoms with Crippen molar-refractivity contribution >= 4 is 76.4 Å². The number of hydrogen-bond donors (Lipinski definition) is 9. The average molecular weight is 761 g/mol. The third-order valence-electron chi connectivity index (χ3n) is 8.18. The van der Waals surface area contributed by atoms with Gasteiger partial charge < -0.3 is 47.6 Å². The van der Waals surface area contributed by atoms with Crippen molar-refractivity contribution in [3.8, 4) is 11.1 Å². The van der Waals surface area contributed by atoms with E-state index in [-0.39, 0.29) is 26.2 Å². The first-order valence-electron chi connectivity index (χ1n) is 17.2. The molecular formula is C38H36N10O8. The molecule has 0 unspecified atom stereocenters. The largest absolute Gasteiger partial charge is 0.481 e. The summed E-state index contributed by atoms with van der Waals surface area (Å²) in [5, 5.41) is 31.6. The quantitative estimate of drug-likeness (QED) is 0.0424. The Morgan fingerprint density at radius 1 is 0.518 bits per heavy atom. The molecule has 0 saturated heterocycles. The highest BCUT2D eigenvalue weighted by atomic mass is 16.4. The fourth-order valence-electron chi connectivity index (χ4n) is 5.78. The Bertz CT molecular complexity index is 2080. The minimum absolute atomic E-state index is 0.234. The van der Waals surface area contributed by atoms with Crippen LogP contribution in [-0.2, 0) is 14.4 Å². The molecule has 1 aliphatic rings. The fraction of sp³-hybridized carbons (Fsp3) is 0.184. The highest BCUT2D eigenvalue weighted by Crippen LogP contribution is 2.46. The Balaban J connectivity index is 1.04. The molecule has 0 bridgehead atoms. The van der Waals surface area contributed by atoms with Crippen molar-refractivity contribution in [1.82, 2.24) is 21.3 Å². The van der Waals surface area contributed by atoms with E-state index < -0.39 is 36.0 Å². The van der Waals surface area contributed by atoms with Crippen molar-refractivity contribution in [3.63, 3.8) is 0 Å². The summed E-state index contributed by atoms with van der Waals surface area (Å²) in [5.41, 5.74) is 4.65. The summed E-state index contributed by atoms with van der Waals surface area (Å²) in [5.74, 6) is -2.16. The van der Waals surface area contributed by atoms with Gasteiger partial charge in [-0.15, -0.1) is 0 Å². The van der Waals surface area contributed by atoms with Crippen LogP contribution in [0.15, 0.2) is 94.9 Å². The predicted molar refractivity (Wildman–Crippen MR) is 207 cm³/mol. The lowest BCUT2D eigenvalue weighted by Gasteiger charge is -2.12. The van der Waals surface area contributed by atoms with E-state index in [2.05, 4.69) is 52.5 Å². The van der Waals surface area contributed by atoms with Gasteiger partial charge in [-0.05, 0) is 95.8 Å². The summed E-state index contributed by atoms with van der Waals surface area (Å²) in [7, 11) is 0. The van der Waals surface area contributed by atoms with E-state index >= 15 is 0 Å². The number of nitrogens with zero attached hydrogens (tertiary/aromatic N) is 2. The molecule has 4 aromatic rings. The van der Waals surface area contributed by atoms with Gasteiger partial charge in [0.1, 0.15) is 5.92 Å². The molecule has 1 aliphatic carbocycles. The summed E-state index contributed by atoms with van der Waals surface area (Å²) in [6.07, 6.45) is 3.70. The van der Waals surface area contributed by atoms with Crippen LogP contribution < -0.4 is 42.5 Å². The number of benzene rings is 4. The van der Waals surface area contributed by atoms with Crippen molar-refractivity contribution in [3.05, 3.63) is 96.1 Å². The van der Waals surface area contributed by atoms with Crippen molar-refractivity contribution in [2.24, 2.45) is 9.98 Å². The second-order valence-corrected chi connectivity index (χ2v) is 12.1. The van der Waals surface area contributed by atoms with Gasteiger partial charge in [0, 0.05) is 48.9 Å². The smallest absolute Gasteiger partial charge is 0.319 e. The highest BCUT2D eigenvalue weighted by molar-refractivity contribution is 5.97. The molecule has 4 aromatic carbocycles. The zero-order chi connectivity index (χ0) is 39.9. The zero-order valence-corrected chi connectivity index (χ0v) is 29.6. The molecule has 18 heteroatoms. The SMILES string of the molecule is O=C=Nc1cccc(NC(=O)NCCCNC(=O)Nc2ccc3c(c2)C(C(=O)O)c2cc(NC(=O)NCCCNC(=O)Nc4cccc(N=C=O)c4)ccc2-3)c1. The molecule has 0 aromatic heterocycles. The Morgan fingerprint density at radius 3 is 1.21 bits per heavy atom. The number of carboxylic acid groups (broad SMARTS) is 1. The van der Waals surface area contributed by atoms with Crippen LogP contribution in [0, 0.1) is 0 Å².